The highest BCUT2D eigenvalue weighted by molar-refractivity contribution is 5.76. The first-order chi connectivity index (χ1) is 7.70. The van der Waals surface area contributed by atoms with Crippen molar-refractivity contribution in [2.24, 2.45) is 5.92 Å². The second-order valence-corrected chi connectivity index (χ2v) is 5.33. The minimum absolute atomic E-state index is 0.373. The maximum atomic E-state index is 11.9. The molecule has 0 aromatic carbocycles. The molecule has 3 heteroatoms. The van der Waals surface area contributed by atoms with Crippen molar-refractivity contribution in [3.05, 3.63) is 0 Å². The van der Waals surface area contributed by atoms with Gasteiger partial charge in [-0.25, -0.2) is 0 Å². The maximum absolute atomic E-state index is 11.9. The van der Waals surface area contributed by atoms with E-state index in [1.807, 2.05) is 0 Å². The Balaban J connectivity index is 1.86. The van der Waals surface area contributed by atoms with Gasteiger partial charge in [0.2, 0.25) is 5.91 Å². The zero-order valence-corrected chi connectivity index (χ0v) is 10.6. The van der Waals surface area contributed by atoms with Crippen molar-refractivity contribution in [1.82, 2.24) is 9.80 Å². The van der Waals surface area contributed by atoms with Crippen LogP contribution in [0.4, 0.5) is 0 Å². The van der Waals surface area contributed by atoms with E-state index in [4.69, 9.17) is 0 Å². The van der Waals surface area contributed by atoms with E-state index in [0.717, 1.165) is 38.5 Å². The molecule has 1 saturated carbocycles. The molecule has 92 valence electrons. The van der Waals surface area contributed by atoms with Crippen LogP contribution in [0, 0.1) is 5.92 Å². The summed E-state index contributed by atoms with van der Waals surface area (Å²) in [7, 11) is 0. The van der Waals surface area contributed by atoms with Gasteiger partial charge in [-0.3, -0.25) is 9.69 Å². The summed E-state index contributed by atoms with van der Waals surface area (Å²) in [5, 5.41) is 0. The molecular formula is C13H24N2O. The minimum Gasteiger partial charge on any atom is -0.341 e. The molecule has 16 heavy (non-hydrogen) atoms. The quantitative estimate of drug-likeness (QED) is 0.726. The van der Waals surface area contributed by atoms with Crippen molar-refractivity contribution in [2.75, 3.05) is 26.2 Å². The van der Waals surface area contributed by atoms with E-state index in [-0.39, 0.29) is 0 Å². The van der Waals surface area contributed by atoms with Gasteiger partial charge in [0.1, 0.15) is 0 Å². The summed E-state index contributed by atoms with van der Waals surface area (Å²) >= 11 is 0. The predicted molar refractivity (Wildman–Crippen MR) is 65.2 cm³/mol. The Morgan fingerprint density at radius 2 is 2.06 bits per heavy atom. The second-order valence-electron chi connectivity index (χ2n) is 5.33. The summed E-state index contributed by atoms with van der Waals surface area (Å²) in [6, 6.07) is 0.619. The van der Waals surface area contributed by atoms with Crippen LogP contribution in [0.3, 0.4) is 0 Å². The summed E-state index contributed by atoms with van der Waals surface area (Å²) in [5.41, 5.74) is 0. The monoisotopic (exact) mass is 224 g/mol. The number of amides is 1. The molecule has 0 bridgehead atoms. The fourth-order valence-electron chi connectivity index (χ4n) is 2.39. The van der Waals surface area contributed by atoms with Gasteiger partial charge in [0.15, 0.2) is 0 Å². The lowest BCUT2D eigenvalue weighted by Crippen LogP contribution is -2.37. The molecule has 2 fully saturated rings. The first-order valence-electron chi connectivity index (χ1n) is 6.72. The van der Waals surface area contributed by atoms with Gasteiger partial charge in [-0.15, -0.1) is 0 Å². The predicted octanol–water partition coefficient (Wildman–Crippen LogP) is 1.73. The van der Waals surface area contributed by atoms with Gasteiger partial charge >= 0.3 is 0 Å². The molecule has 1 unspecified atom stereocenters. The molecule has 0 radical (unpaired) electrons. The highest BCUT2D eigenvalue weighted by Crippen LogP contribution is 2.30. The SMILES string of the molecule is CCC(C)N1CCC(=O)N(CC2CC2)CC1. The Bertz CT molecular complexity index is 250. The Hall–Kier alpha value is -0.570. The van der Waals surface area contributed by atoms with Gasteiger partial charge in [-0.2, -0.15) is 0 Å². The number of nitrogens with zero attached hydrogens (tertiary/aromatic N) is 2. The van der Waals surface area contributed by atoms with Crippen LogP contribution in [0.15, 0.2) is 0 Å². The molecule has 2 aliphatic rings. The van der Waals surface area contributed by atoms with Crippen molar-refractivity contribution < 1.29 is 4.79 Å². The number of hydrogen-bond acceptors (Lipinski definition) is 2. The lowest BCUT2D eigenvalue weighted by atomic mass is 10.2. The minimum atomic E-state index is 0.373. The van der Waals surface area contributed by atoms with Crippen LogP contribution in [-0.2, 0) is 4.79 Å². The lowest BCUT2D eigenvalue weighted by molar-refractivity contribution is -0.130. The molecule has 1 aliphatic heterocycles. The van der Waals surface area contributed by atoms with Gasteiger partial charge in [0, 0.05) is 38.6 Å². The first kappa shape index (κ1) is 11.9. The average molecular weight is 224 g/mol. The first-order valence-corrected chi connectivity index (χ1v) is 6.72. The van der Waals surface area contributed by atoms with Crippen molar-refractivity contribution in [3.8, 4) is 0 Å². The van der Waals surface area contributed by atoms with Gasteiger partial charge < -0.3 is 4.90 Å². The van der Waals surface area contributed by atoms with E-state index in [1.54, 1.807) is 0 Å². The second kappa shape index (κ2) is 5.17. The molecule has 0 spiro atoms. The third-order valence-electron chi connectivity index (χ3n) is 4.01. The fourth-order valence-corrected chi connectivity index (χ4v) is 2.39. The van der Waals surface area contributed by atoms with Crippen LogP contribution in [0.5, 0.6) is 0 Å². The maximum Gasteiger partial charge on any atom is 0.223 e. The van der Waals surface area contributed by atoms with E-state index < -0.39 is 0 Å². The molecule has 1 saturated heterocycles. The lowest BCUT2D eigenvalue weighted by Gasteiger charge is -2.26. The third kappa shape index (κ3) is 2.97. The zero-order valence-electron chi connectivity index (χ0n) is 10.6. The third-order valence-corrected chi connectivity index (χ3v) is 4.01. The molecular weight excluding hydrogens is 200 g/mol. The Morgan fingerprint density at radius 3 is 2.69 bits per heavy atom. The van der Waals surface area contributed by atoms with E-state index in [0.29, 0.717) is 11.9 Å². The topological polar surface area (TPSA) is 23.6 Å². The van der Waals surface area contributed by atoms with Gasteiger partial charge in [0.05, 0.1) is 0 Å². The summed E-state index contributed by atoms with van der Waals surface area (Å²) in [6.45, 7) is 8.47. The van der Waals surface area contributed by atoms with E-state index >= 15 is 0 Å². The Labute approximate surface area is 98.8 Å². The molecule has 3 nitrogen and oxygen atoms in total. The van der Waals surface area contributed by atoms with E-state index in [2.05, 4.69) is 23.6 Å². The standard InChI is InChI=1S/C13H24N2O/c1-3-11(2)14-7-6-13(16)15(9-8-14)10-12-4-5-12/h11-12H,3-10H2,1-2H3. The van der Waals surface area contributed by atoms with Crippen LogP contribution < -0.4 is 0 Å². The number of hydrogen-bond donors (Lipinski definition) is 0. The average Bonchev–Trinajstić information content (AvgIpc) is 3.10. The van der Waals surface area contributed by atoms with Crippen molar-refractivity contribution >= 4 is 5.91 Å². The van der Waals surface area contributed by atoms with Crippen LogP contribution in [0.25, 0.3) is 0 Å². The van der Waals surface area contributed by atoms with Crippen LogP contribution in [-0.4, -0.2) is 47.9 Å². The van der Waals surface area contributed by atoms with Crippen molar-refractivity contribution in [1.29, 1.82) is 0 Å². The molecule has 1 amide bonds. The summed E-state index contributed by atoms with van der Waals surface area (Å²) in [5.74, 6) is 1.19. The van der Waals surface area contributed by atoms with Crippen LogP contribution in [0.1, 0.15) is 39.5 Å². The Kier molecular flexibility index (Phi) is 3.85. The number of rotatable bonds is 4. The summed E-state index contributed by atoms with van der Waals surface area (Å²) in [6.07, 6.45) is 4.56. The summed E-state index contributed by atoms with van der Waals surface area (Å²) < 4.78 is 0. The normalized spacial score (nSPS) is 25.6. The van der Waals surface area contributed by atoms with Gasteiger partial charge in [0.25, 0.3) is 0 Å². The molecule has 0 N–H and O–H groups in total. The molecule has 0 aromatic rings. The van der Waals surface area contributed by atoms with Gasteiger partial charge in [-0.1, -0.05) is 6.92 Å². The van der Waals surface area contributed by atoms with E-state index in [1.165, 1.54) is 19.3 Å². The largest absolute Gasteiger partial charge is 0.341 e. The number of carbonyl (C=O) groups excluding carboxylic acids is 1. The van der Waals surface area contributed by atoms with Crippen molar-refractivity contribution in [2.45, 2.75) is 45.6 Å². The molecule has 1 atom stereocenters. The van der Waals surface area contributed by atoms with Crippen LogP contribution >= 0.6 is 0 Å². The molecule has 1 aliphatic carbocycles. The van der Waals surface area contributed by atoms with Crippen molar-refractivity contribution in [3.63, 3.8) is 0 Å². The van der Waals surface area contributed by atoms with E-state index in [9.17, 15) is 4.79 Å². The highest BCUT2D eigenvalue weighted by Gasteiger charge is 2.29. The smallest absolute Gasteiger partial charge is 0.223 e. The molecule has 1 heterocycles. The fraction of sp³-hybridized carbons (Fsp3) is 0.923. The zero-order chi connectivity index (χ0) is 11.5. The highest BCUT2D eigenvalue weighted by atomic mass is 16.2. The van der Waals surface area contributed by atoms with Crippen LogP contribution in [0.2, 0.25) is 0 Å². The molecule has 0 aromatic heterocycles. The molecule has 2 rings (SSSR count). The number of carbonyl (C=O) groups is 1. The summed E-state index contributed by atoms with van der Waals surface area (Å²) in [4.78, 5) is 16.5. The van der Waals surface area contributed by atoms with Gasteiger partial charge in [-0.05, 0) is 32.1 Å². The Morgan fingerprint density at radius 1 is 1.31 bits per heavy atom.